The number of aryl methyl sites for hydroxylation is 1. The standard InChI is InChI=1S/C13H15ClN4O3/c1-18-7-8(14)5-9(18)12(19)15-6-11-16-13(21-17-11)10-3-2-4-20-10/h5,7,10H,2-4,6H2,1H3,(H,15,19). The van der Waals surface area contributed by atoms with Gasteiger partial charge in [0.15, 0.2) is 5.82 Å². The van der Waals surface area contributed by atoms with E-state index < -0.39 is 0 Å². The van der Waals surface area contributed by atoms with Crippen molar-refractivity contribution >= 4 is 17.5 Å². The highest BCUT2D eigenvalue weighted by Gasteiger charge is 2.24. The molecule has 0 aromatic carbocycles. The highest BCUT2D eigenvalue weighted by molar-refractivity contribution is 6.31. The van der Waals surface area contributed by atoms with Crippen molar-refractivity contribution in [3.8, 4) is 0 Å². The van der Waals surface area contributed by atoms with E-state index in [1.54, 1.807) is 23.9 Å². The van der Waals surface area contributed by atoms with Crippen molar-refractivity contribution in [3.63, 3.8) is 0 Å². The number of nitrogens with zero attached hydrogens (tertiary/aromatic N) is 3. The van der Waals surface area contributed by atoms with E-state index >= 15 is 0 Å². The monoisotopic (exact) mass is 310 g/mol. The van der Waals surface area contributed by atoms with E-state index in [0.717, 1.165) is 12.8 Å². The summed E-state index contributed by atoms with van der Waals surface area (Å²) in [5, 5.41) is 7.09. The minimum absolute atomic E-state index is 0.117. The summed E-state index contributed by atoms with van der Waals surface area (Å²) in [6.45, 7) is 0.908. The van der Waals surface area contributed by atoms with Gasteiger partial charge in [-0.05, 0) is 18.9 Å². The molecule has 1 atom stereocenters. The van der Waals surface area contributed by atoms with E-state index in [1.165, 1.54) is 0 Å². The Balaban J connectivity index is 1.60. The molecule has 7 nitrogen and oxygen atoms in total. The Bertz CT molecular complexity index is 646. The van der Waals surface area contributed by atoms with E-state index in [1.807, 2.05) is 0 Å². The van der Waals surface area contributed by atoms with Crippen molar-refractivity contribution in [3.05, 3.63) is 34.7 Å². The first-order valence-electron chi connectivity index (χ1n) is 6.67. The van der Waals surface area contributed by atoms with Crippen molar-refractivity contribution in [1.29, 1.82) is 0 Å². The highest BCUT2D eigenvalue weighted by atomic mass is 35.5. The molecule has 1 N–H and O–H groups in total. The molecule has 2 aromatic heterocycles. The van der Waals surface area contributed by atoms with Crippen LogP contribution in [0.3, 0.4) is 0 Å². The van der Waals surface area contributed by atoms with Crippen LogP contribution in [0.5, 0.6) is 0 Å². The van der Waals surface area contributed by atoms with Crippen LogP contribution < -0.4 is 5.32 Å². The number of hydrogen-bond donors (Lipinski definition) is 1. The van der Waals surface area contributed by atoms with Crippen molar-refractivity contribution in [2.75, 3.05) is 6.61 Å². The van der Waals surface area contributed by atoms with Crippen molar-refractivity contribution in [1.82, 2.24) is 20.0 Å². The molecule has 21 heavy (non-hydrogen) atoms. The summed E-state index contributed by atoms with van der Waals surface area (Å²) in [5.74, 6) is 0.653. The molecule has 0 bridgehead atoms. The Morgan fingerprint density at radius 3 is 3.14 bits per heavy atom. The van der Waals surface area contributed by atoms with Gasteiger partial charge in [-0.25, -0.2) is 0 Å². The first-order chi connectivity index (χ1) is 10.1. The summed E-state index contributed by atoms with van der Waals surface area (Å²) in [6, 6.07) is 1.60. The molecule has 0 aliphatic carbocycles. The average molecular weight is 311 g/mol. The fourth-order valence-electron chi connectivity index (χ4n) is 2.24. The van der Waals surface area contributed by atoms with Gasteiger partial charge in [0.25, 0.3) is 11.8 Å². The number of aromatic nitrogens is 3. The molecule has 1 saturated heterocycles. The molecule has 8 heteroatoms. The third-order valence-corrected chi connectivity index (χ3v) is 3.51. The Morgan fingerprint density at radius 2 is 2.48 bits per heavy atom. The molecule has 1 aliphatic rings. The van der Waals surface area contributed by atoms with Gasteiger partial charge in [-0.3, -0.25) is 4.79 Å². The van der Waals surface area contributed by atoms with Gasteiger partial charge in [-0.2, -0.15) is 4.98 Å². The third kappa shape index (κ3) is 3.08. The summed E-state index contributed by atoms with van der Waals surface area (Å²) in [6.07, 6.45) is 3.43. The highest BCUT2D eigenvalue weighted by Crippen LogP contribution is 2.26. The normalized spacial score (nSPS) is 18.1. The van der Waals surface area contributed by atoms with Gasteiger partial charge in [0, 0.05) is 19.9 Å². The Labute approximate surface area is 126 Å². The smallest absolute Gasteiger partial charge is 0.268 e. The van der Waals surface area contributed by atoms with Crippen LogP contribution in [-0.4, -0.2) is 27.2 Å². The van der Waals surface area contributed by atoms with Gasteiger partial charge >= 0.3 is 0 Å². The molecule has 1 fully saturated rings. The van der Waals surface area contributed by atoms with Gasteiger partial charge in [-0.1, -0.05) is 16.8 Å². The number of amides is 1. The number of halogens is 1. The van der Waals surface area contributed by atoms with Crippen LogP contribution in [0.25, 0.3) is 0 Å². The van der Waals surface area contributed by atoms with Gasteiger partial charge in [-0.15, -0.1) is 0 Å². The minimum atomic E-state index is -0.243. The van der Waals surface area contributed by atoms with Gasteiger partial charge in [0.2, 0.25) is 0 Å². The van der Waals surface area contributed by atoms with Crippen molar-refractivity contribution < 1.29 is 14.1 Å². The lowest BCUT2D eigenvalue weighted by Crippen LogP contribution is -2.25. The molecular weight excluding hydrogens is 296 g/mol. The first kappa shape index (κ1) is 14.1. The quantitative estimate of drug-likeness (QED) is 0.931. The van der Waals surface area contributed by atoms with Crippen LogP contribution in [0.15, 0.2) is 16.8 Å². The predicted octanol–water partition coefficient (Wildman–Crippen LogP) is 1.84. The predicted molar refractivity (Wildman–Crippen MR) is 73.8 cm³/mol. The second kappa shape index (κ2) is 5.87. The summed E-state index contributed by atoms with van der Waals surface area (Å²) in [4.78, 5) is 16.2. The summed E-state index contributed by atoms with van der Waals surface area (Å²) in [7, 11) is 1.75. The molecule has 2 aromatic rings. The van der Waals surface area contributed by atoms with Gasteiger partial charge in [0.1, 0.15) is 11.8 Å². The first-order valence-corrected chi connectivity index (χ1v) is 7.05. The van der Waals surface area contributed by atoms with Gasteiger partial charge < -0.3 is 19.1 Å². The zero-order chi connectivity index (χ0) is 14.8. The topological polar surface area (TPSA) is 82.2 Å². The molecule has 0 radical (unpaired) electrons. The molecule has 1 aliphatic heterocycles. The molecule has 1 amide bonds. The number of carbonyl (C=O) groups excluding carboxylic acids is 1. The molecule has 112 valence electrons. The largest absolute Gasteiger partial charge is 0.368 e. The van der Waals surface area contributed by atoms with Gasteiger partial charge in [0.05, 0.1) is 11.6 Å². The number of carbonyl (C=O) groups is 1. The van der Waals surface area contributed by atoms with Crippen LogP contribution in [0, 0.1) is 0 Å². The lowest BCUT2D eigenvalue weighted by atomic mass is 10.2. The molecule has 0 saturated carbocycles. The number of nitrogens with one attached hydrogen (secondary N) is 1. The molecule has 0 spiro atoms. The summed E-state index contributed by atoms with van der Waals surface area (Å²) in [5.41, 5.74) is 0.475. The van der Waals surface area contributed by atoms with E-state index in [4.69, 9.17) is 20.9 Å². The zero-order valence-corrected chi connectivity index (χ0v) is 12.3. The third-order valence-electron chi connectivity index (χ3n) is 3.30. The molecular formula is C13H15ClN4O3. The van der Waals surface area contributed by atoms with E-state index in [9.17, 15) is 4.79 Å². The zero-order valence-electron chi connectivity index (χ0n) is 11.5. The molecule has 1 unspecified atom stereocenters. The lowest BCUT2D eigenvalue weighted by Gasteiger charge is -2.03. The van der Waals surface area contributed by atoms with E-state index in [0.29, 0.717) is 29.0 Å². The average Bonchev–Trinajstić information content (AvgIpc) is 3.15. The molecule has 3 heterocycles. The fraction of sp³-hybridized carbons (Fsp3) is 0.462. The van der Waals surface area contributed by atoms with Crippen molar-refractivity contribution in [2.24, 2.45) is 7.05 Å². The number of hydrogen-bond acceptors (Lipinski definition) is 5. The van der Waals surface area contributed by atoms with Crippen LogP contribution >= 0.6 is 11.6 Å². The van der Waals surface area contributed by atoms with E-state index in [2.05, 4.69) is 15.5 Å². The Morgan fingerprint density at radius 1 is 1.62 bits per heavy atom. The second-order valence-corrected chi connectivity index (χ2v) is 5.32. The minimum Gasteiger partial charge on any atom is -0.368 e. The Hall–Kier alpha value is -1.86. The summed E-state index contributed by atoms with van der Waals surface area (Å²) >= 11 is 5.85. The maximum absolute atomic E-state index is 12.0. The van der Waals surface area contributed by atoms with Crippen LogP contribution in [0.2, 0.25) is 5.02 Å². The maximum atomic E-state index is 12.0. The molecule has 3 rings (SSSR count). The van der Waals surface area contributed by atoms with E-state index in [-0.39, 0.29) is 18.6 Å². The Kier molecular flexibility index (Phi) is 3.94. The second-order valence-electron chi connectivity index (χ2n) is 4.89. The number of rotatable bonds is 4. The van der Waals surface area contributed by atoms with Crippen LogP contribution in [-0.2, 0) is 18.3 Å². The number of ether oxygens (including phenoxy) is 1. The van der Waals surface area contributed by atoms with Crippen molar-refractivity contribution in [2.45, 2.75) is 25.5 Å². The maximum Gasteiger partial charge on any atom is 0.268 e. The summed E-state index contributed by atoms with van der Waals surface area (Å²) < 4.78 is 12.3. The lowest BCUT2D eigenvalue weighted by molar-refractivity contribution is 0.0835. The van der Waals surface area contributed by atoms with Crippen LogP contribution in [0.1, 0.15) is 41.1 Å². The van der Waals surface area contributed by atoms with Crippen LogP contribution in [0.4, 0.5) is 0 Å². The fourth-order valence-corrected chi connectivity index (χ4v) is 2.49. The SMILES string of the molecule is Cn1cc(Cl)cc1C(=O)NCc1noc(C2CCCO2)n1.